The number of halogens is 7. The largest absolute Gasteiger partial charge is 0.573 e. The molecule has 1 saturated heterocycles. The molecule has 1 aliphatic rings. The van der Waals surface area contributed by atoms with E-state index in [1.54, 1.807) is 0 Å². The molecule has 240 valence electrons. The van der Waals surface area contributed by atoms with Crippen LogP contribution in [0.3, 0.4) is 0 Å². The number of amides is 1. The van der Waals surface area contributed by atoms with Crippen LogP contribution in [0.15, 0.2) is 59.6 Å². The molecule has 0 saturated carbocycles. The SMILES string of the molecule is C=N[C@]1(c2ccc(Cl)cc2F)[C@H](CC(C)(C)C)N[C@@H](C(=O)Nc2ccc(C(=O)O)cc2OC(F)(F)F)[C@@H]1c1cccc(Cl)c1F. The van der Waals surface area contributed by atoms with Gasteiger partial charge >= 0.3 is 12.3 Å². The Labute approximate surface area is 265 Å². The van der Waals surface area contributed by atoms with Gasteiger partial charge < -0.3 is 15.2 Å². The molecular weight excluding hydrogens is 644 g/mol. The number of benzene rings is 3. The summed E-state index contributed by atoms with van der Waals surface area (Å²) in [6, 6.07) is 8.01. The van der Waals surface area contributed by atoms with Crippen LogP contribution in [-0.2, 0) is 10.3 Å². The Morgan fingerprint density at radius 3 is 2.36 bits per heavy atom. The van der Waals surface area contributed by atoms with E-state index in [4.69, 9.17) is 23.2 Å². The van der Waals surface area contributed by atoms with Gasteiger partial charge in [0.05, 0.1) is 22.3 Å². The van der Waals surface area contributed by atoms with Crippen LogP contribution >= 0.6 is 23.2 Å². The smallest absolute Gasteiger partial charge is 0.478 e. The summed E-state index contributed by atoms with van der Waals surface area (Å²) in [6.07, 6.45) is -4.99. The molecule has 4 atom stereocenters. The molecule has 3 N–H and O–H groups in total. The fourth-order valence-corrected chi connectivity index (χ4v) is 6.12. The van der Waals surface area contributed by atoms with Crippen molar-refractivity contribution in [2.24, 2.45) is 10.4 Å². The Bertz CT molecular complexity index is 1650. The maximum atomic E-state index is 15.8. The molecule has 1 fully saturated rings. The lowest BCUT2D eigenvalue weighted by molar-refractivity contribution is -0.274. The molecule has 0 unspecified atom stereocenters. The van der Waals surface area contributed by atoms with Gasteiger partial charge in [-0.3, -0.25) is 15.1 Å². The van der Waals surface area contributed by atoms with Crippen LogP contribution in [0.4, 0.5) is 27.6 Å². The van der Waals surface area contributed by atoms with Gasteiger partial charge in [-0.15, -0.1) is 13.2 Å². The number of anilines is 1. The van der Waals surface area contributed by atoms with Gasteiger partial charge in [0, 0.05) is 22.5 Å². The average Bonchev–Trinajstić information content (AvgIpc) is 3.23. The monoisotopic (exact) mass is 671 g/mol. The summed E-state index contributed by atoms with van der Waals surface area (Å²) in [5, 5.41) is 14.5. The van der Waals surface area contributed by atoms with Crippen LogP contribution in [-0.4, -0.2) is 42.1 Å². The molecule has 0 bridgehead atoms. The van der Waals surface area contributed by atoms with E-state index in [1.165, 1.54) is 30.3 Å². The van der Waals surface area contributed by atoms with Gasteiger partial charge in [-0.05, 0) is 60.5 Å². The highest BCUT2D eigenvalue weighted by molar-refractivity contribution is 6.31. The molecule has 45 heavy (non-hydrogen) atoms. The van der Waals surface area contributed by atoms with E-state index in [0.29, 0.717) is 6.07 Å². The summed E-state index contributed by atoms with van der Waals surface area (Å²) in [6.45, 7) is 9.39. The van der Waals surface area contributed by atoms with Gasteiger partial charge in [0.2, 0.25) is 5.91 Å². The van der Waals surface area contributed by atoms with Crippen LogP contribution in [0, 0.1) is 17.0 Å². The van der Waals surface area contributed by atoms with E-state index in [1.807, 2.05) is 20.8 Å². The fourth-order valence-electron chi connectivity index (χ4n) is 5.78. The summed E-state index contributed by atoms with van der Waals surface area (Å²) in [5.74, 6) is -6.60. The summed E-state index contributed by atoms with van der Waals surface area (Å²) in [4.78, 5) is 29.9. The highest BCUT2D eigenvalue weighted by Crippen LogP contribution is 2.54. The minimum absolute atomic E-state index is 0.0600. The second kappa shape index (κ2) is 12.6. The summed E-state index contributed by atoms with van der Waals surface area (Å²) in [5.41, 5.74) is -3.50. The predicted octanol–water partition coefficient (Wildman–Crippen LogP) is 7.96. The summed E-state index contributed by atoms with van der Waals surface area (Å²) < 4.78 is 75.4. The standard InChI is InChI=1S/C31H28Cl2F5N3O4/c1-29(2,3)14-23-30(39-4,18-10-9-16(32)13-20(18)34)24(17-6-5-7-19(33)25(17)35)26(41-23)27(42)40-21-11-8-15(28(43)44)12-22(21)45-31(36,37)38/h5-13,23-24,26,41H,4,14H2,1-3H3,(H,40,42)(H,43,44)/t23-,24-,26+,30+/m0/s1. The number of hydrogen-bond donors (Lipinski definition) is 3. The van der Waals surface area contributed by atoms with Gasteiger partial charge in [-0.2, -0.15) is 0 Å². The van der Waals surface area contributed by atoms with Crippen molar-refractivity contribution >= 4 is 47.5 Å². The third-order valence-electron chi connectivity index (χ3n) is 7.47. The van der Waals surface area contributed by atoms with Gasteiger partial charge in [-0.25, -0.2) is 13.6 Å². The molecule has 0 aliphatic carbocycles. The minimum atomic E-state index is -5.24. The number of aromatic carboxylic acids is 1. The number of rotatable bonds is 8. The number of alkyl halides is 3. The molecule has 7 nitrogen and oxygen atoms in total. The summed E-state index contributed by atoms with van der Waals surface area (Å²) >= 11 is 12.2. The summed E-state index contributed by atoms with van der Waals surface area (Å²) in [7, 11) is 0. The molecule has 3 aromatic rings. The quantitative estimate of drug-likeness (QED) is 0.167. The fraction of sp³-hybridized carbons (Fsp3) is 0.323. The first-order chi connectivity index (χ1) is 20.9. The normalized spacial score (nSPS) is 21.8. The third kappa shape index (κ3) is 7.08. The molecule has 14 heteroatoms. The van der Waals surface area contributed by atoms with E-state index < -0.39 is 75.8 Å². The Kier molecular flexibility index (Phi) is 9.54. The van der Waals surface area contributed by atoms with Crippen molar-refractivity contribution in [1.82, 2.24) is 5.32 Å². The predicted molar refractivity (Wildman–Crippen MR) is 160 cm³/mol. The molecule has 0 radical (unpaired) electrons. The van der Waals surface area contributed by atoms with Crippen molar-refractivity contribution in [2.45, 2.75) is 57.1 Å². The molecular formula is C31H28Cl2F5N3O4. The molecule has 1 heterocycles. The zero-order chi connectivity index (χ0) is 33.5. The first kappa shape index (κ1) is 34.1. The highest BCUT2D eigenvalue weighted by atomic mass is 35.5. The molecule has 0 spiro atoms. The van der Waals surface area contributed by atoms with Crippen LogP contribution in [0.1, 0.15) is 54.6 Å². The lowest BCUT2D eigenvalue weighted by Gasteiger charge is -2.39. The zero-order valence-corrected chi connectivity index (χ0v) is 25.6. The first-order valence-electron chi connectivity index (χ1n) is 13.5. The lowest BCUT2D eigenvalue weighted by atomic mass is 9.68. The number of nitrogens with one attached hydrogen (secondary N) is 2. The van der Waals surface area contributed by atoms with Crippen molar-refractivity contribution in [1.29, 1.82) is 0 Å². The molecule has 1 aliphatic heterocycles. The molecule has 0 aromatic heterocycles. The number of hydrogen-bond acceptors (Lipinski definition) is 5. The second-order valence-corrected chi connectivity index (χ2v) is 12.6. The van der Waals surface area contributed by atoms with Gasteiger partial charge in [-0.1, -0.05) is 62.2 Å². The Hall–Kier alpha value is -3.74. The van der Waals surface area contributed by atoms with Crippen LogP contribution in [0.5, 0.6) is 5.75 Å². The van der Waals surface area contributed by atoms with E-state index in [0.717, 1.165) is 18.2 Å². The Morgan fingerprint density at radius 2 is 1.78 bits per heavy atom. The second-order valence-electron chi connectivity index (χ2n) is 11.7. The number of carbonyl (C=O) groups is 2. The van der Waals surface area contributed by atoms with Crippen LogP contribution in [0.2, 0.25) is 10.0 Å². The van der Waals surface area contributed by atoms with Crippen molar-refractivity contribution in [2.75, 3.05) is 5.32 Å². The highest BCUT2D eigenvalue weighted by Gasteiger charge is 2.60. The number of carboxylic acid groups (broad SMARTS) is 1. The van der Waals surface area contributed by atoms with E-state index in [-0.39, 0.29) is 27.6 Å². The lowest BCUT2D eigenvalue weighted by Crippen LogP contribution is -2.44. The van der Waals surface area contributed by atoms with Gasteiger partial charge in [0.25, 0.3) is 0 Å². The van der Waals surface area contributed by atoms with E-state index >= 15 is 8.78 Å². The van der Waals surface area contributed by atoms with Crippen LogP contribution in [0.25, 0.3) is 0 Å². The van der Waals surface area contributed by atoms with Crippen molar-refractivity contribution < 1.29 is 41.4 Å². The topological polar surface area (TPSA) is 100 Å². The number of carbonyl (C=O) groups excluding carboxylic acids is 1. The van der Waals surface area contributed by atoms with Crippen molar-refractivity contribution in [3.05, 3.63) is 93.0 Å². The average molecular weight is 672 g/mol. The van der Waals surface area contributed by atoms with Gasteiger partial charge in [0.1, 0.15) is 17.2 Å². The number of carboxylic acids is 1. The van der Waals surface area contributed by atoms with E-state index in [9.17, 15) is 27.9 Å². The zero-order valence-electron chi connectivity index (χ0n) is 24.1. The van der Waals surface area contributed by atoms with E-state index in [2.05, 4.69) is 27.1 Å². The van der Waals surface area contributed by atoms with Crippen molar-refractivity contribution in [3.8, 4) is 5.75 Å². The number of aliphatic imine (C=N–C) groups is 1. The van der Waals surface area contributed by atoms with Gasteiger partial charge in [0.15, 0.2) is 5.75 Å². The maximum absolute atomic E-state index is 15.8. The molecule has 4 rings (SSSR count). The molecule has 3 aromatic carbocycles. The molecule has 1 amide bonds. The van der Waals surface area contributed by atoms with Crippen molar-refractivity contribution in [3.63, 3.8) is 0 Å². The maximum Gasteiger partial charge on any atom is 0.573 e. The number of nitrogens with zero attached hydrogens (tertiary/aromatic N) is 1. The van der Waals surface area contributed by atoms with Crippen LogP contribution < -0.4 is 15.4 Å². The third-order valence-corrected chi connectivity index (χ3v) is 8.00. The minimum Gasteiger partial charge on any atom is -0.478 e. The Morgan fingerprint density at radius 1 is 1.09 bits per heavy atom. The number of ether oxygens (including phenoxy) is 1. The Balaban J connectivity index is 1.94. The first-order valence-corrected chi connectivity index (χ1v) is 14.2.